The Labute approximate surface area is 124 Å². The number of carbonyl (C=O) groups is 1. The lowest BCUT2D eigenvalue weighted by molar-refractivity contribution is -0.201. The summed E-state index contributed by atoms with van der Waals surface area (Å²) in [5.41, 5.74) is 6.05. The second kappa shape index (κ2) is 6.55. The molecule has 4 unspecified atom stereocenters. The maximum Gasteiger partial charge on any atom is 0.392 e. The Bertz CT molecular complexity index is 372. The fourth-order valence-corrected chi connectivity index (χ4v) is 3.86. The molecular weight excluding hydrogens is 281 g/mol. The van der Waals surface area contributed by atoms with Crippen molar-refractivity contribution >= 4 is 5.91 Å². The van der Waals surface area contributed by atoms with Crippen molar-refractivity contribution in [1.82, 2.24) is 4.90 Å². The van der Waals surface area contributed by atoms with Crippen LogP contribution < -0.4 is 5.73 Å². The molecule has 2 saturated carbocycles. The third-order valence-corrected chi connectivity index (χ3v) is 5.13. The molecule has 0 aromatic carbocycles. The zero-order valence-corrected chi connectivity index (χ0v) is 12.5. The van der Waals surface area contributed by atoms with E-state index in [1.54, 1.807) is 7.05 Å². The van der Waals surface area contributed by atoms with Gasteiger partial charge in [0.1, 0.15) is 0 Å². The number of nitrogens with zero attached hydrogens (tertiary/aromatic N) is 1. The molecule has 0 aliphatic heterocycles. The van der Waals surface area contributed by atoms with Crippen LogP contribution in [0.1, 0.15) is 51.4 Å². The van der Waals surface area contributed by atoms with Gasteiger partial charge in [-0.05, 0) is 25.7 Å². The molecule has 6 heteroatoms. The first-order chi connectivity index (χ1) is 9.82. The molecule has 3 nitrogen and oxygen atoms in total. The standard InChI is InChI=1S/C15H25F3N2O/c1-20(13-9-5-4-8-12(13)19)14(21)10-6-2-3-7-11(10)15(16,17)18/h10-13H,2-9,19H2,1H3. The van der Waals surface area contributed by atoms with Crippen molar-refractivity contribution in [2.45, 2.75) is 69.6 Å². The molecule has 122 valence electrons. The summed E-state index contributed by atoms with van der Waals surface area (Å²) >= 11 is 0. The Kier molecular flexibility index (Phi) is 5.17. The Hall–Kier alpha value is -0.780. The van der Waals surface area contributed by atoms with E-state index in [2.05, 4.69) is 0 Å². The maximum absolute atomic E-state index is 13.1. The molecule has 2 N–H and O–H groups in total. The van der Waals surface area contributed by atoms with Crippen LogP contribution in [0.3, 0.4) is 0 Å². The number of rotatable bonds is 2. The van der Waals surface area contributed by atoms with E-state index in [-0.39, 0.29) is 24.4 Å². The fraction of sp³-hybridized carbons (Fsp3) is 0.933. The largest absolute Gasteiger partial charge is 0.392 e. The first-order valence-corrected chi connectivity index (χ1v) is 7.91. The predicted octanol–water partition coefficient (Wildman–Crippen LogP) is 3.08. The molecule has 2 fully saturated rings. The first-order valence-electron chi connectivity index (χ1n) is 7.91. The summed E-state index contributed by atoms with van der Waals surface area (Å²) in [5.74, 6) is -2.77. The molecule has 1 amide bonds. The van der Waals surface area contributed by atoms with Crippen LogP contribution in [0.4, 0.5) is 13.2 Å². The van der Waals surface area contributed by atoms with Crippen molar-refractivity contribution in [2.24, 2.45) is 17.6 Å². The van der Waals surface area contributed by atoms with Gasteiger partial charge in [-0.1, -0.05) is 25.7 Å². The number of halogens is 3. The lowest BCUT2D eigenvalue weighted by Gasteiger charge is -2.40. The smallest absolute Gasteiger partial charge is 0.341 e. The lowest BCUT2D eigenvalue weighted by atomic mass is 9.77. The summed E-state index contributed by atoms with van der Waals surface area (Å²) in [6.45, 7) is 0. The van der Waals surface area contributed by atoms with Gasteiger partial charge in [0.15, 0.2) is 0 Å². The highest BCUT2D eigenvalue weighted by Crippen LogP contribution is 2.42. The number of hydrogen-bond acceptors (Lipinski definition) is 2. The van der Waals surface area contributed by atoms with Gasteiger partial charge < -0.3 is 10.6 Å². The van der Waals surface area contributed by atoms with E-state index in [0.29, 0.717) is 19.3 Å². The fourth-order valence-electron chi connectivity index (χ4n) is 3.86. The Morgan fingerprint density at radius 2 is 1.62 bits per heavy atom. The van der Waals surface area contributed by atoms with Crippen molar-refractivity contribution < 1.29 is 18.0 Å². The second-order valence-electron chi connectivity index (χ2n) is 6.50. The summed E-state index contributed by atoms with van der Waals surface area (Å²) in [5, 5.41) is 0. The van der Waals surface area contributed by atoms with E-state index < -0.39 is 18.0 Å². The van der Waals surface area contributed by atoms with Crippen LogP contribution in [-0.4, -0.2) is 36.1 Å². The van der Waals surface area contributed by atoms with Gasteiger partial charge in [-0.2, -0.15) is 13.2 Å². The number of alkyl halides is 3. The van der Waals surface area contributed by atoms with Crippen LogP contribution in [0, 0.1) is 11.8 Å². The Balaban J connectivity index is 2.09. The number of nitrogens with two attached hydrogens (primary N) is 1. The number of hydrogen-bond donors (Lipinski definition) is 1. The van der Waals surface area contributed by atoms with E-state index in [0.717, 1.165) is 25.7 Å². The molecule has 0 spiro atoms. The molecule has 4 atom stereocenters. The summed E-state index contributed by atoms with van der Waals surface area (Å²) in [7, 11) is 1.63. The highest BCUT2D eigenvalue weighted by molar-refractivity contribution is 5.79. The van der Waals surface area contributed by atoms with Gasteiger partial charge >= 0.3 is 6.18 Å². The monoisotopic (exact) mass is 306 g/mol. The average molecular weight is 306 g/mol. The van der Waals surface area contributed by atoms with E-state index in [1.807, 2.05) is 0 Å². The third-order valence-electron chi connectivity index (χ3n) is 5.13. The molecule has 21 heavy (non-hydrogen) atoms. The molecule has 0 heterocycles. The van der Waals surface area contributed by atoms with Crippen molar-refractivity contribution in [2.75, 3.05) is 7.05 Å². The summed E-state index contributed by atoms with van der Waals surface area (Å²) in [6.07, 6.45) is 1.06. The molecule has 2 aliphatic rings. The minimum Gasteiger partial charge on any atom is -0.341 e. The first kappa shape index (κ1) is 16.6. The Morgan fingerprint density at radius 3 is 2.24 bits per heavy atom. The van der Waals surface area contributed by atoms with Crippen LogP contribution in [-0.2, 0) is 4.79 Å². The zero-order valence-electron chi connectivity index (χ0n) is 12.5. The normalized spacial score (nSPS) is 34.5. The molecule has 2 aliphatic carbocycles. The van der Waals surface area contributed by atoms with Crippen LogP contribution in [0.5, 0.6) is 0 Å². The average Bonchev–Trinajstić information content (AvgIpc) is 2.45. The molecular formula is C15H25F3N2O. The summed E-state index contributed by atoms with van der Waals surface area (Å²) < 4.78 is 39.4. The second-order valence-corrected chi connectivity index (χ2v) is 6.50. The van der Waals surface area contributed by atoms with Crippen molar-refractivity contribution in [3.05, 3.63) is 0 Å². The molecule has 2 rings (SSSR count). The number of amides is 1. The van der Waals surface area contributed by atoms with Crippen LogP contribution in [0.2, 0.25) is 0 Å². The Morgan fingerprint density at radius 1 is 1.05 bits per heavy atom. The summed E-state index contributed by atoms with van der Waals surface area (Å²) in [4.78, 5) is 14.1. The number of likely N-dealkylation sites (N-methyl/N-ethyl adjacent to an activating group) is 1. The molecule has 0 bridgehead atoms. The van der Waals surface area contributed by atoms with Gasteiger partial charge in [-0.15, -0.1) is 0 Å². The van der Waals surface area contributed by atoms with E-state index in [4.69, 9.17) is 5.73 Å². The van der Waals surface area contributed by atoms with Crippen LogP contribution in [0.25, 0.3) is 0 Å². The minimum atomic E-state index is -4.28. The molecule has 0 saturated heterocycles. The highest BCUT2D eigenvalue weighted by atomic mass is 19.4. The van der Waals surface area contributed by atoms with Gasteiger partial charge in [0.05, 0.1) is 5.92 Å². The van der Waals surface area contributed by atoms with Gasteiger partial charge in [0.25, 0.3) is 0 Å². The maximum atomic E-state index is 13.1. The quantitative estimate of drug-likeness (QED) is 0.852. The van der Waals surface area contributed by atoms with Gasteiger partial charge in [0.2, 0.25) is 5.91 Å². The van der Waals surface area contributed by atoms with Crippen LogP contribution in [0.15, 0.2) is 0 Å². The predicted molar refractivity (Wildman–Crippen MR) is 74.5 cm³/mol. The van der Waals surface area contributed by atoms with E-state index in [9.17, 15) is 18.0 Å². The van der Waals surface area contributed by atoms with Gasteiger partial charge in [0, 0.05) is 25.0 Å². The molecule has 0 radical (unpaired) electrons. The highest BCUT2D eigenvalue weighted by Gasteiger charge is 2.49. The summed E-state index contributed by atoms with van der Waals surface area (Å²) in [6, 6.07) is -0.220. The van der Waals surface area contributed by atoms with Gasteiger partial charge in [-0.25, -0.2) is 0 Å². The van der Waals surface area contributed by atoms with Crippen LogP contribution >= 0.6 is 0 Å². The molecule has 0 aromatic heterocycles. The van der Waals surface area contributed by atoms with Crippen molar-refractivity contribution in [1.29, 1.82) is 0 Å². The van der Waals surface area contributed by atoms with E-state index >= 15 is 0 Å². The van der Waals surface area contributed by atoms with Crippen molar-refractivity contribution in [3.8, 4) is 0 Å². The van der Waals surface area contributed by atoms with Crippen molar-refractivity contribution in [3.63, 3.8) is 0 Å². The molecule has 0 aromatic rings. The van der Waals surface area contributed by atoms with Gasteiger partial charge in [-0.3, -0.25) is 4.79 Å². The lowest BCUT2D eigenvalue weighted by Crippen LogP contribution is -2.53. The zero-order chi connectivity index (χ0) is 15.6. The topological polar surface area (TPSA) is 46.3 Å². The third kappa shape index (κ3) is 3.71. The SMILES string of the molecule is CN(C(=O)C1CCCCC1C(F)(F)F)C1CCCCC1N. The van der Waals surface area contributed by atoms with E-state index in [1.165, 1.54) is 4.90 Å². The number of carbonyl (C=O) groups excluding carboxylic acids is 1. The minimum absolute atomic E-state index is 0.0739.